The molecule has 0 amide bonds. The first-order valence-electron chi connectivity index (χ1n) is 9.63. The van der Waals surface area contributed by atoms with Crippen LogP contribution >= 0.6 is 0 Å². The van der Waals surface area contributed by atoms with E-state index in [-0.39, 0.29) is 5.56 Å². The minimum atomic E-state index is -0.394. The van der Waals surface area contributed by atoms with Crippen LogP contribution in [0.25, 0.3) is 16.7 Å². The van der Waals surface area contributed by atoms with Crippen molar-refractivity contribution >= 4 is 16.7 Å². The average molecular weight is 389 g/mol. The molecule has 148 valence electrons. The zero-order chi connectivity index (χ0) is 20.5. The minimum Gasteiger partial charge on any atom is -0.423 e. The topological polar surface area (TPSA) is 69.2 Å². The summed E-state index contributed by atoms with van der Waals surface area (Å²) in [6.07, 6.45) is 0.865. The number of rotatable bonds is 5. The molecule has 0 spiro atoms. The first-order chi connectivity index (χ1) is 14.0. The summed E-state index contributed by atoms with van der Waals surface area (Å²) in [6.45, 7) is 4.30. The van der Waals surface area contributed by atoms with Gasteiger partial charge in [0.05, 0.1) is 11.4 Å². The maximum atomic E-state index is 13.0. The monoisotopic (exact) mass is 389 g/mol. The normalized spacial score (nSPS) is 11.1. The molecule has 0 saturated heterocycles. The van der Waals surface area contributed by atoms with E-state index in [0.717, 1.165) is 34.3 Å². The van der Waals surface area contributed by atoms with Crippen LogP contribution < -0.4 is 16.5 Å². The zero-order valence-corrected chi connectivity index (χ0v) is 16.7. The lowest BCUT2D eigenvalue weighted by atomic mass is 10.1. The van der Waals surface area contributed by atoms with Gasteiger partial charge in [0, 0.05) is 25.0 Å². The van der Waals surface area contributed by atoms with Gasteiger partial charge in [0.1, 0.15) is 11.3 Å². The predicted molar refractivity (Wildman–Crippen MR) is 115 cm³/mol. The Hall–Kier alpha value is -3.54. The van der Waals surface area contributed by atoms with Gasteiger partial charge >= 0.3 is 5.63 Å². The first kappa shape index (κ1) is 18.8. The Morgan fingerprint density at radius 2 is 1.79 bits per heavy atom. The van der Waals surface area contributed by atoms with Crippen molar-refractivity contribution in [2.45, 2.75) is 26.8 Å². The number of hydrogen-bond acceptors (Lipinski definition) is 4. The molecule has 29 heavy (non-hydrogen) atoms. The number of aryl methyl sites for hydroxylation is 1. The summed E-state index contributed by atoms with van der Waals surface area (Å²) < 4.78 is 8.82. The minimum absolute atomic E-state index is 0.128. The summed E-state index contributed by atoms with van der Waals surface area (Å²) in [5, 5.41) is 4.11. The van der Waals surface area contributed by atoms with Crippen molar-refractivity contribution in [2.75, 3.05) is 5.32 Å². The molecule has 0 aliphatic rings. The third kappa shape index (κ3) is 3.38. The van der Waals surface area contributed by atoms with Gasteiger partial charge in [-0.3, -0.25) is 9.48 Å². The van der Waals surface area contributed by atoms with Crippen LogP contribution in [0.2, 0.25) is 0 Å². The van der Waals surface area contributed by atoms with Gasteiger partial charge in [0.15, 0.2) is 0 Å². The maximum Gasteiger partial charge on any atom is 0.336 e. The van der Waals surface area contributed by atoms with Gasteiger partial charge in [-0.25, -0.2) is 9.48 Å². The molecule has 0 saturated carbocycles. The maximum absolute atomic E-state index is 13.0. The van der Waals surface area contributed by atoms with Crippen LogP contribution in [-0.4, -0.2) is 9.36 Å². The SMILES string of the molecule is CCc1ccc2c(CNc3c(C)n(C)n(-c4ccccc4)c3=O)cc(=O)oc2c1. The van der Waals surface area contributed by atoms with Crippen molar-refractivity contribution in [3.63, 3.8) is 0 Å². The second-order valence-electron chi connectivity index (χ2n) is 7.06. The van der Waals surface area contributed by atoms with Gasteiger partial charge in [-0.15, -0.1) is 0 Å². The second-order valence-corrected chi connectivity index (χ2v) is 7.06. The molecule has 0 bridgehead atoms. The lowest BCUT2D eigenvalue weighted by Gasteiger charge is -2.08. The third-order valence-corrected chi connectivity index (χ3v) is 5.31. The molecule has 0 fully saturated rings. The first-order valence-corrected chi connectivity index (χ1v) is 9.63. The molecule has 0 aliphatic heterocycles. The fourth-order valence-electron chi connectivity index (χ4n) is 3.60. The van der Waals surface area contributed by atoms with Crippen LogP contribution in [-0.2, 0) is 20.0 Å². The lowest BCUT2D eigenvalue weighted by molar-refractivity contribution is 0.559. The molecule has 4 aromatic rings. The Kier molecular flexibility index (Phi) is 4.84. The highest BCUT2D eigenvalue weighted by atomic mass is 16.4. The molecule has 2 aromatic heterocycles. The van der Waals surface area contributed by atoms with Crippen molar-refractivity contribution in [1.29, 1.82) is 0 Å². The molecule has 6 nitrogen and oxygen atoms in total. The highest BCUT2D eigenvalue weighted by Crippen LogP contribution is 2.21. The van der Waals surface area contributed by atoms with Gasteiger partial charge in [0.2, 0.25) is 0 Å². The van der Waals surface area contributed by atoms with Crippen LogP contribution in [0.5, 0.6) is 0 Å². The number of anilines is 1. The van der Waals surface area contributed by atoms with Crippen molar-refractivity contribution in [3.05, 3.63) is 92.2 Å². The van der Waals surface area contributed by atoms with Crippen molar-refractivity contribution in [3.8, 4) is 5.69 Å². The molecular weight excluding hydrogens is 366 g/mol. The molecule has 1 N–H and O–H groups in total. The average Bonchev–Trinajstić information content (AvgIpc) is 2.94. The van der Waals surface area contributed by atoms with Gasteiger partial charge in [-0.05, 0) is 42.7 Å². The smallest absolute Gasteiger partial charge is 0.336 e. The Bertz CT molecular complexity index is 1300. The van der Waals surface area contributed by atoms with E-state index < -0.39 is 5.63 Å². The van der Waals surface area contributed by atoms with Gasteiger partial charge in [-0.1, -0.05) is 37.3 Å². The Labute approximate surface area is 168 Å². The van der Waals surface area contributed by atoms with Crippen LogP contribution in [0.1, 0.15) is 23.7 Å². The molecule has 0 atom stereocenters. The number of para-hydroxylation sites is 1. The van der Waals surface area contributed by atoms with E-state index in [9.17, 15) is 9.59 Å². The fourth-order valence-corrected chi connectivity index (χ4v) is 3.60. The van der Waals surface area contributed by atoms with Crippen molar-refractivity contribution in [1.82, 2.24) is 9.36 Å². The summed E-state index contributed by atoms with van der Waals surface area (Å²) >= 11 is 0. The molecule has 2 aromatic carbocycles. The van der Waals surface area contributed by atoms with Crippen LogP contribution in [0.4, 0.5) is 5.69 Å². The third-order valence-electron chi connectivity index (χ3n) is 5.31. The Morgan fingerprint density at radius 3 is 2.52 bits per heavy atom. The molecule has 4 rings (SSSR count). The van der Waals surface area contributed by atoms with Crippen molar-refractivity contribution in [2.24, 2.45) is 7.05 Å². The Morgan fingerprint density at radius 1 is 1.03 bits per heavy atom. The fraction of sp³-hybridized carbons (Fsp3) is 0.217. The molecule has 2 heterocycles. The highest BCUT2D eigenvalue weighted by Gasteiger charge is 2.16. The molecule has 0 unspecified atom stereocenters. The number of aromatic nitrogens is 2. The summed E-state index contributed by atoms with van der Waals surface area (Å²) in [6, 6.07) is 16.9. The summed E-state index contributed by atoms with van der Waals surface area (Å²) in [5.74, 6) is 0. The number of nitrogens with one attached hydrogen (secondary N) is 1. The van der Waals surface area contributed by atoms with Crippen LogP contribution in [0.15, 0.2) is 68.6 Å². The number of fused-ring (bicyclic) bond motifs is 1. The molecule has 6 heteroatoms. The molecule has 0 aliphatic carbocycles. The number of hydrogen-bond donors (Lipinski definition) is 1. The van der Waals surface area contributed by atoms with Crippen molar-refractivity contribution < 1.29 is 4.42 Å². The summed E-state index contributed by atoms with van der Waals surface area (Å²) in [5.41, 5.74) is 4.09. The van der Waals surface area contributed by atoms with E-state index in [4.69, 9.17) is 4.42 Å². The zero-order valence-electron chi connectivity index (χ0n) is 16.7. The predicted octanol–water partition coefficient (Wildman–Crippen LogP) is 3.77. The molecule has 0 radical (unpaired) electrons. The summed E-state index contributed by atoms with van der Waals surface area (Å²) in [4.78, 5) is 25.1. The highest BCUT2D eigenvalue weighted by molar-refractivity contribution is 5.81. The summed E-state index contributed by atoms with van der Waals surface area (Å²) in [7, 11) is 1.85. The largest absolute Gasteiger partial charge is 0.423 e. The number of benzene rings is 2. The van der Waals surface area contributed by atoms with E-state index >= 15 is 0 Å². The van der Waals surface area contributed by atoms with Crippen LogP contribution in [0.3, 0.4) is 0 Å². The standard InChI is InChI=1S/C23H23N3O3/c1-4-16-10-11-19-17(13-21(27)29-20(19)12-16)14-24-22-15(2)25(3)26(23(22)28)18-8-6-5-7-9-18/h5-13,24H,4,14H2,1-3H3. The van der Waals surface area contributed by atoms with E-state index in [0.29, 0.717) is 17.8 Å². The van der Waals surface area contributed by atoms with Crippen LogP contribution in [0, 0.1) is 6.92 Å². The van der Waals surface area contributed by atoms with Gasteiger partial charge in [0.25, 0.3) is 5.56 Å². The quantitative estimate of drug-likeness (QED) is 0.528. The molecular formula is C23H23N3O3. The number of nitrogens with zero attached hydrogens (tertiary/aromatic N) is 2. The van der Waals surface area contributed by atoms with Gasteiger partial charge in [-0.2, -0.15) is 0 Å². The lowest BCUT2D eigenvalue weighted by Crippen LogP contribution is -2.21. The van der Waals surface area contributed by atoms with E-state index in [1.54, 1.807) is 4.68 Å². The van der Waals surface area contributed by atoms with E-state index in [1.807, 2.05) is 67.2 Å². The second kappa shape index (κ2) is 7.47. The Balaban J connectivity index is 1.72. The van der Waals surface area contributed by atoms with Gasteiger partial charge < -0.3 is 9.73 Å². The van der Waals surface area contributed by atoms with E-state index in [2.05, 4.69) is 12.2 Å². The van der Waals surface area contributed by atoms with E-state index in [1.165, 1.54) is 6.07 Å².